The number of carbonyl (C=O) groups is 1. The van der Waals surface area contributed by atoms with Crippen molar-refractivity contribution < 1.29 is 18.7 Å². The summed E-state index contributed by atoms with van der Waals surface area (Å²) >= 11 is 3.12. The summed E-state index contributed by atoms with van der Waals surface area (Å²) in [5.74, 6) is -1.12. The van der Waals surface area contributed by atoms with Gasteiger partial charge in [-0.05, 0) is 24.3 Å². The molecule has 104 valence electrons. The second-order valence-electron chi connectivity index (χ2n) is 3.83. The van der Waals surface area contributed by atoms with Crippen LogP contribution in [-0.4, -0.2) is 12.5 Å². The summed E-state index contributed by atoms with van der Waals surface area (Å²) in [4.78, 5) is 11.6. The molecule has 0 saturated heterocycles. The normalized spacial score (nSPS) is 10.1. The molecular formula is C13H10BrFN2O3. The molecule has 0 radical (unpaired) electrons. The summed E-state index contributed by atoms with van der Waals surface area (Å²) in [6.07, 6.45) is 1.25. The first kappa shape index (κ1) is 14.3. The molecule has 7 heteroatoms. The number of nitrogens with one attached hydrogen (secondary N) is 1. The molecule has 0 fully saturated rings. The molecule has 0 bridgehead atoms. The van der Waals surface area contributed by atoms with Gasteiger partial charge < -0.3 is 15.3 Å². The number of hydrogen-bond donors (Lipinski definition) is 1. The van der Waals surface area contributed by atoms with Gasteiger partial charge in [0.25, 0.3) is 5.91 Å². The lowest BCUT2D eigenvalue weighted by Gasteiger charge is -2.08. The molecule has 0 atom stereocenters. The Balaban J connectivity index is 1.94. The summed E-state index contributed by atoms with van der Waals surface area (Å²) in [5.41, 5.74) is 0.0462. The van der Waals surface area contributed by atoms with Crippen LogP contribution in [0.4, 0.5) is 10.1 Å². The fraction of sp³-hybridized carbons (Fsp3) is 0.0769. The Morgan fingerprint density at radius 2 is 2.20 bits per heavy atom. The molecule has 5 nitrogen and oxygen atoms in total. The first-order valence-electron chi connectivity index (χ1n) is 5.62. The van der Waals surface area contributed by atoms with Crippen molar-refractivity contribution in [1.29, 1.82) is 0 Å². The molecular weight excluding hydrogens is 331 g/mol. The number of benzene rings is 1. The molecule has 2 rings (SSSR count). The minimum atomic E-state index is -0.564. The van der Waals surface area contributed by atoms with Crippen molar-refractivity contribution in [3.8, 4) is 5.88 Å². The monoisotopic (exact) mass is 340 g/mol. The van der Waals surface area contributed by atoms with Crippen LogP contribution >= 0.6 is 15.9 Å². The highest BCUT2D eigenvalue weighted by Gasteiger charge is 2.11. The lowest BCUT2D eigenvalue weighted by atomic mass is 10.3. The van der Waals surface area contributed by atoms with E-state index < -0.39 is 11.7 Å². The number of halogens is 2. The van der Waals surface area contributed by atoms with Crippen molar-refractivity contribution in [2.24, 2.45) is 0 Å². The number of anilines is 1. The Kier molecular flexibility index (Phi) is 4.52. The van der Waals surface area contributed by atoms with E-state index in [1.54, 1.807) is 12.1 Å². The number of nitrogens with zero attached hydrogens (tertiary/aromatic N) is 1. The molecule has 0 spiro atoms. The van der Waals surface area contributed by atoms with Crippen LogP contribution in [0.25, 0.3) is 0 Å². The number of rotatable bonds is 4. The summed E-state index contributed by atoms with van der Waals surface area (Å²) in [5, 5.41) is 13.6. The molecule has 20 heavy (non-hydrogen) atoms. The molecule has 1 aromatic heterocycles. The molecule has 0 aliphatic rings. The highest BCUT2D eigenvalue weighted by Crippen LogP contribution is 2.19. The van der Waals surface area contributed by atoms with Crippen LogP contribution in [0.5, 0.6) is 5.88 Å². The predicted molar refractivity (Wildman–Crippen MR) is 73.6 cm³/mol. The molecule has 0 unspecified atom stereocenters. The van der Waals surface area contributed by atoms with Crippen LogP contribution in [0.2, 0.25) is 0 Å². The Hall–Kier alpha value is -2.15. The predicted octanol–water partition coefficient (Wildman–Crippen LogP) is 2.24. The van der Waals surface area contributed by atoms with Gasteiger partial charge >= 0.3 is 5.88 Å². The van der Waals surface area contributed by atoms with Crippen LogP contribution in [-0.2, 0) is 4.79 Å². The maximum Gasteiger partial charge on any atom is 0.379 e. The Morgan fingerprint density at radius 3 is 2.90 bits per heavy atom. The summed E-state index contributed by atoms with van der Waals surface area (Å²) in [7, 11) is 0. The average molecular weight is 341 g/mol. The van der Waals surface area contributed by atoms with Crippen LogP contribution in [0.1, 0.15) is 0 Å². The van der Waals surface area contributed by atoms with E-state index in [1.165, 1.54) is 30.5 Å². The SMILES string of the molecule is O=C(COc1cccc[n+]1[O-])Nc1ccc(Br)cc1F. The Bertz CT molecular complexity index is 637. The van der Waals surface area contributed by atoms with Crippen molar-refractivity contribution in [2.75, 3.05) is 11.9 Å². The minimum Gasteiger partial charge on any atom is -0.616 e. The maximum atomic E-state index is 13.5. The largest absolute Gasteiger partial charge is 0.616 e. The first-order valence-corrected chi connectivity index (χ1v) is 6.41. The van der Waals surface area contributed by atoms with E-state index in [4.69, 9.17) is 4.74 Å². The van der Waals surface area contributed by atoms with Crippen molar-refractivity contribution in [1.82, 2.24) is 0 Å². The van der Waals surface area contributed by atoms with Crippen LogP contribution in [0.3, 0.4) is 0 Å². The van der Waals surface area contributed by atoms with Gasteiger partial charge in [-0.25, -0.2) is 4.39 Å². The van der Waals surface area contributed by atoms with Gasteiger partial charge in [0.2, 0.25) is 0 Å². The van der Waals surface area contributed by atoms with Crippen LogP contribution in [0.15, 0.2) is 47.1 Å². The summed E-state index contributed by atoms with van der Waals surface area (Å²) in [6.45, 7) is -0.387. The van der Waals surface area contributed by atoms with Gasteiger partial charge in [-0.3, -0.25) is 4.79 Å². The van der Waals surface area contributed by atoms with E-state index in [9.17, 15) is 14.4 Å². The quantitative estimate of drug-likeness (QED) is 0.685. The minimum absolute atomic E-state index is 0.000993. The lowest BCUT2D eigenvalue weighted by Crippen LogP contribution is -2.30. The summed E-state index contributed by atoms with van der Waals surface area (Å²) < 4.78 is 19.6. The van der Waals surface area contributed by atoms with Gasteiger partial charge in [0.1, 0.15) is 5.82 Å². The third-order valence-corrected chi connectivity index (χ3v) is 2.84. The lowest BCUT2D eigenvalue weighted by molar-refractivity contribution is -0.612. The molecule has 1 heterocycles. The molecule has 1 aromatic carbocycles. The zero-order chi connectivity index (χ0) is 14.5. The van der Waals surface area contributed by atoms with Gasteiger partial charge in [-0.1, -0.05) is 15.9 Å². The van der Waals surface area contributed by atoms with E-state index >= 15 is 0 Å². The first-order chi connectivity index (χ1) is 9.56. The van der Waals surface area contributed by atoms with E-state index in [-0.39, 0.29) is 18.2 Å². The number of hydrogen-bond acceptors (Lipinski definition) is 3. The number of pyridine rings is 1. The zero-order valence-corrected chi connectivity index (χ0v) is 11.8. The fourth-order valence-electron chi connectivity index (χ4n) is 1.44. The third kappa shape index (κ3) is 3.67. The highest BCUT2D eigenvalue weighted by molar-refractivity contribution is 9.10. The van der Waals surface area contributed by atoms with Crippen molar-refractivity contribution in [3.63, 3.8) is 0 Å². The van der Waals surface area contributed by atoms with Gasteiger partial charge in [-0.2, -0.15) is 0 Å². The van der Waals surface area contributed by atoms with E-state index in [0.717, 1.165) is 0 Å². The van der Waals surface area contributed by atoms with Gasteiger partial charge in [0.15, 0.2) is 12.8 Å². The molecule has 0 aliphatic heterocycles. The van der Waals surface area contributed by atoms with Crippen LogP contribution in [0, 0.1) is 11.0 Å². The number of ether oxygens (including phenoxy) is 1. The van der Waals surface area contributed by atoms with E-state index in [0.29, 0.717) is 9.20 Å². The molecule has 0 saturated carbocycles. The maximum absolute atomic E-state index is 13.5. The average Bonchev–Trinajstić information content (AvgIpc) is 2.41. The van der Waals surface area contributed by atoms with Gasteiger partial charge in [-0.15, -0.1) is 4.73 Å². The molecule has 1 N–H and O–H groups in total. The smallest absolute Gasteiger partial charge is 0.379 e. The summed E-state index contributed by atoms with van der Waals surface area (Å²) in [6, 6.07) is 8.84. The van der Waals surface area contributed by atoms with Crippen LogP contribution < -0.4 is 14.8 Å². The second-order valence-corrected chi connectivity index (χ2v) is 4.74. The van der Waals surface area contributed by atoms with Crippen molar-refractivity contribution in [2.45, 2.75) is 0 Å². The van der Waals surface area contributed by atoms with Crippen molar-refractivity contribution >= 4 is 27.5 Å². The number of carbonyl (C=O) groups excluding carboxylic acids is 1. The topological polar surface area (TPSA) is 65.3 Å². The number of amides is 1. The Morgan fingerprint density at radius 1 is 1.40 bits per heavy atom. The van der Waals surface area contributed by atoms with Gasteiger partial charge in [0, 0.05) is 10.5 Å². The standard InChI is InChI=1S/C13H10BrFN2O3/c14-9-4-5-11(10(15)7-9)16-12(18)8-20-13-3-1-2-6-17(13)19/h1-7H,8H2,(H,16,18). The Labute approximate surface area is 122 Å². The molecule has 0 aliphatic carbocycles. The molecule has 2 aromatic rings. The van der Waals surface area contributed by atoms with E-state index in [2.05, 4.69) is 21.2 Å². The number of aromatic nitrogens is 1. The second kappa shape index (κ2) is 6.33. The van der Waals surface area contributed by atoms with Gasteiger partial charge in [0.05, 0.1) is 11.8 Å². The molecule has 1 amide bonds. The van der Waals surface area contributed by atoms with Crippen molar-refractivity contribution in [3.05, 3.63) is 58.1 Å². The third-order valence-electron chi connectivity index (χ3n) is 2.34. The fourth-order valence-corrected chi connectivity index (χ4v) is 1.77. The van der Waals surface area contributed by atoms with E-state index in [1.807, 2.05) is 0 Å². The highest BCUT2D eigenvalue weighted by atomic mass is 79.9. The zero-order valence-electron chi connectivity index (χ0n) is 10.2.